The smallest absolute Gasteiger partial charge is 0.406 e. The summed E-state index contributed by atoms with van der Waals surface area (Å²) < 4.78 is 43.2. The molecule has 0 fully saturated rings. The van der Waals surface area contributed by atoms with E-state index >= 15 is 0 Å². The van der Waals surface area contributed by atoms with Crippen molar-refractivity contribution in [1.29, 1.82) is 0 Å². The van der Waals surface area contributed by atoms with Crippen molar-refractivity contribution in [2.24, 2.45) is 0 Å². The number of aromatic amines is 1. The lowest BCUT2D eigenvalue weighted by Gasteiger charge is -2.10. The van der Waals surface area contributed by atoms with Gasteiger partial charge in [-0.2, -0.15) is 5.10 Å². The lowest BCUT2D eigenvalue weighted by atomic mass is 10.1. The molecule has 0 bridgehead atoms. The van der Waals surface area contributed by atoms with Gasteiger partial charge in [0.25, 0.3) is 0 Å². The first-order valence-electron chi connectivity index (χ1n) is 8.27. The molecule has 3 heterocycles. The lowest BCUT2D eigenvalue weighted by Crippen LogP contribution is -2.17. The summed E-state index contributed by atoms with van der Waals surface area (Å²) in [6, 6.07) is 7.42. The van der Waals surface area contributed by atoms with Crippen LogP contribution in [0.15, 0.2) is 42.7 Å². The van der Waals surface area contributed by atoms with Crippen molar-refractivity contribution in [1.82, 2.24) is 19.7 Å². The van der Waals surface area contributed by atoms with Gasteiger partial charge in [-0.1, -0.05) is 11.6 Å². The number of benzene rings is 1. The molecule has 4 aromatic rings. The Morgan fingerprint density at radius 1 is 1.14 bits per heavy atom. The molecule has 0 saturated heterocycles. The van der Waals surface area contributed by atoms with Crippen LogP contribution in [-0.4, -0.2) is 26.1 Å². The molecule has 1 N–H and O–H groups in total. The Morgan fingerprint density at radius 3 is 2.61 bits per heavy atom. The Hall–Kier alpha value is -3.00. The van der Waals surface area contributed by atoms with Crippen molar-refractivity contribution in [3.05, 3.63) is 59.0 Å². The Kier molecular flexibility index (Phi) is 4.30. The zero-order chi connectivity index (χ0) is 20.1. The van der Waals surface area contributed by atoms with E-state index < -0.39 is 6.36 Å². The van der Waals surface area contributed by atoms with Crippen LogP contribution in [-0.2, 0) is 0 Å². The molecule has 28 heavy (non-hydrogen) atoms. The number of H-pyrrole nitrogens is 1. The van der Waals surface area contributed by atoms with E-state index in [1.807, 2.05) is 26.1 Å². The van der Waals surface area contributed by atoms with Crippen LogP contribution < -0.4 is 4.74 Å². The van der Waals surface area contributed by atoms with Crippen LogP contribution in [0.1, 0.15) is 11.3 Å². The van der Waals surface area contributed by atoms with Crippen molar-refractivity contribution < 1.29 is 17.9 Å². The van der Waals surface area contributed by atoms with Gasteiger partial charge in [0, 0.05) is 22.8 Å². The summed E-state index contributed by atoms with van der Waals surface area (Å²) in [5.41, 5.74) is 4.25. The fourth-order valence-electron chi connectivity index (χ4n) is 2.86. The zero-order valence-corrected chi connectivity index (χ0v) is 15.6. The molecule has 0 unspecified atom stereocenters. The first-order chi connectivity index (χ1) is 13.2. The minimum atomic E-state index is -4.78. The monoisotopic (exact) mass is 406 g/mol. The molecule has 3 aromatic heterocycles. The number of rotatable bonds is 3. The van der Waals surface area contributed by atoms with Gasteiger partial charge in [0.2, 0.25) is 0 Å². The van der Waals surface area contributed by atoms with E-state index in [0.717, 1.165) is 22.3 Å². The fourth-order valence-corrected chi connectivity index (χ4v) is 3.08. The van der Waals surface area contributed by atoms with Crippen LogP contribution in [0.5, 0.6) is 5.75 Å². The summed E-state index contributed by atoms with van der Waals surface area (Å²) in [5, 5.41) is 5.50. The quantitative estimate of drug-likeness (QED) is 0.483. The zero-order valence-electron chi connectivity index (χ0n) is 14.8. The molecule has 5 nitrogen and oxygen atoms in total. The Labute approximate surface area is 162 Å². The highest BCUT2D eigenvalue weighted by atomic mass is 35.5. The van der Waals surface area contributed by atoms with E-state index in [4.69, 9.17) is 11.6 Å². The van der Waals surface area contributed by atoms with Crippen molar-refractivity contribution in [2.75, 3.05) is 0 Å². The number of ether oxygens (including phenoxy) is 1. The maximum Gasteiger partial charge on any atom is 0.573 e. The average Bonchev–Trinajstić information content (AvgIpc) is 3.18. The maximum atomic E-state index is 12.5. The molecule has 0 aliphatic carbocycles. The number of pyridine rings is 1. The molecule has 1 aromatic carbocycles. The predicted octanol–water partition coefficient (Wildman–Crippen LogP) is 5.58. The molecule has 0 amide bonds. The van der Waals surface area contributed by atoms with Crippen LogP contribution >= 0.6 is 11.6 Å². The second kappa shape index (κ2) is 6.56. The molecule has 0 saturated carbocycles. The number of halogens is 4. The van der Waals surface area contributed by atoms with E-state index in [-0.39, 0.29) is 5.75 Å². The SMILES string of the molecule is Cc1cn(-c2cnc3[nH]c(-c4cc(OC(F)(F)F)ccc4Cl)cc3c2)nc1C. The van der Waals surface area contributed by atoms with Gasteiger partial charge < -0.3 is 9.72 Å². The number of aryl methyl sites for hydroxylation is 2. The third-order valence-electron chi connectivity index (χ3n) is 4.33. The van der Waals surface area contributed by atoms with Crippen LogP contribution in [0, 0.1) is 13.8 Å². The standard InChI is InChI=1S/C19H14ClF3N4O/c1-10-9-27(26-11(10)2)13-5-12-6-17(25-18(12)24-8-13)15-7-14(3-4-16(15)20)28-19(21,22)23/h3-9H,1-2H3,(H,24,25). The molecule has 0 radical (unpaired) electrons. The molecule has 9 heteroatoms. The van der Waals surface area contributed by atoms with E-state index in [0.29, 0.717) is 21.9 Å². The van der Waals surface area contributed by atoms with Gasteiger partial charge in [0.1, 0.15) is 11.4 Å². The number of hydrogen-bond acceptors (Lipinski definition) is 3. The van der Waals surface area contributed by atoms with E-state index in [2.05, 4.69) is 19.8 Å². The Bertz CT molecular complexity index is 1160. The molecular formula is C19H14ClF3N4O. The minimum Gasteiger partial charge on any atom is -0.406 e. The third-order valence-corrected chi connectivity index (χ3v) is 4.66. The highest BCUT2D eigenvalue weighted by molar-refractivity contribution is 6.33. The van der Waals surface area contributed by atoms with Crippen LogP contribution in [0.4, 0.5) is 13.2 Å². The van der Waals surface area contributed by atoms with Gasteiger partial charge in [0.05, 0.1) is 22.6 Å². The average molecular weight is 407 g/mol. The molecule has 0 spiro atoms. The summed E-state index contributed by atoms with van der Waals surface area (Å²) in [5.74, 6) is -0.346. The highest BCUT2D eigenvalue weighted by Crippen LogP contribution is 2.34. The number of nitrogens with one attached hydrogen (secondary N) is 1. The van der Waals surface area contributed by atoms with Gasteiger partial charge in [-0.15, -0.1) is 13.2 Å². The first-order valence-corrected chi connectivity index (χ1v) is 8.65. The van der Waals surface area contributed by atoms with Gasteiger partial charge >= 0.3 is 6.36 Å². The summed E-state index contributed by atoms with van der Waals surface area (Å²) in [7, 11) is 0. The molecule has 0 aliphatic heterocycles. The minimum absolute atomic E-state index is 0.291. The summed E-state index contributed by atoms with van der Waals surface area (Å²) in [4.78, 5) is 7.46. The molecule has 4 rings (SSSR count). The van der Waals surface area contributed by atoms with Crippen molar-refractivity contribution in [3.63, 3.8) is 0 Å². The van der Waals surface area contributed by atoms with Gasteiger partial charge in [-0.05, 0) is 49.7 Å². The second-order valence-electron chi connectivity index (χ2n) is 6.35. The van der Waals surface area contributed by atoms with Crippen LogP contribution in [0.3, 0.4) is 0 Å². The Balaban J connectivity index is 1.75. The highest BCUT2D eigenvalue weighted by Gasteiger charge is 2.31. The second-order valence-corrected chi connectivity index (χ2v) is 6.75. The number of fused-ring (bicyclic) bond motifs is 1. The largest absolute Gasteiger partial charge is 0.573 e. The van der Waals surface area contributed by atoms with Crippen molar-refractivity contribution >= 4 is 22.6 Å². The number of aromatic nitrogens is 4. The summed E-state index contributed by atoms with van der Waals surface area (Å²) in [6.45, 7) is 3.89. The van der Waals surface area contributed by atoms with Gasteiger partial charge in [0.15, 0.2) is 0 Å². The van der Waals surface area contributed by atoms with Crippen LogP contribution in [0.25, 0.3) is 28.0 Å². The maximum absolute atomic E-state index is 12.5. The van der Waals surface area contributed by atoms with Crippen molar-refractivity contribution in [3.8, 4) is 22.7 Å². The summed E-state index contributed by atoms with van der Waals surface area (Å²) in [6.07, 6.45) is -1.21. The van der Waals surface area contributed by atoms with E-state index in [9.17, 15) is 13.2 Å². The topological polar surface area (TPSA) is 55.7 Å². The molecule has 144 valence electrons. The number of hydrogen-bond donors (Lipinski definition) is 1. The normalized spacial score (nSPS) is 11.9. The van der Waals surface area contributed by atoms with Gasteiger partial charge in [-0.3, -0.25) is 0 Å². The van der Waals surface area contributed by atoms with Gasteiger partial charge in [-0.25, -0.2) is 9.67 Å². The third kappa shape index (κ3) is 3.55. The number of nitrogens with zero attached hydrogens (tertiary/aromatic N) is 3. The first kappa shape index (κ1) is 18.4. The fraction of sp³-hybridized carbons (Fsp3) is 0.158. The van der Waals surface area contributed by atoms with E-state index in [1.165, 1.54) is 18.2 Å². The molecule has 0 aliphatic rings. The molecule has 0 atom stereocenters. The van der Waals surface area contributed by atoms with Crippen LogP contribution in [0.2, 0.25) is 5.02 Å². The number of alkyl halides is 3. The Morgan fingerprint density at radius 2 is 1.93 bits per heavy atom. The predicted molar refractivity (Wildman–Crippen MR) is 99.8 cm³/mol. The van der Waals surface area contributed by atoms with E-state index in [1.54, 1.807) is 16.9 Å². The van der Waals surface area contributed by atoms with Crippen molar-refractivity contribution in [2.45, 2.75) is 20.2 Å². The summed E-state index contributed by atoms with van der Waals surface area (Å²) >= 11 is 6.19. The molecular weight excluding hydrogens is 393 g/mol. The lowest BCUT2D eigenvalue weighted by molar-refractivity contribution is -0.274.